The Balaban J connectivity index is 6.72. The summed E-state index contributed by atoms with van der Waals surface area (Å²) in [5, 5.41) is 0.00775. The third-order valence-electron chi connectivity index (χ3n) is 6.92. The van der Waals surface area contributed by atoms with Crippen LogP contribution in [-0.2, 0) is 9.22 Å². The van der Waals surface area contributed by atoms with Crippen LogP contribution in [0.5, 0.6) is 0 Å². The van der Waals surface area contributed by atoms with Gasteiger partial charge in [-0.05, 0) is 41.3 Å². The highest BCUT2D eigenvalue weighted by atomic mass is 28.4. The molecule has 2 nitrogen and oxygen atoms in total. The van der Waals surface area contributed by atoms with Crippen molar-refractivity contribution in [2.24, 2.45) is 0 Å². The lowest BCUT2D eigenvalue weighted by molar-refractivity contribution is -0.132. The molecule has 0 N–H and O–H groups in total. The van der Waals surface area contributed by atoms with E-state index in [0.717, 1.165) is 19.3 Å². The van der Waals surface area contributed by atoms with Gasteiger partial charge in [0.2, 0.25) is 0 Å². The lowest BCUT2D eigenvalue weighted by atomic mass is 10.0. The highest BCUT2D eigenvalue weighted by Gasteiger charge is 2.68. The number of rotatable bonds is 14. The zero-order chi connectivity index (χ0) is 22.2. The summed E-state index contributed by atoms with van der Waals surface area (Å²) in [4.78, 5) is 13.0. The van der Waals surface area contributed by atoms with Crippen molar-refractivity contribution in [2.75, 3.05) is 0 Å². The smallest absolute Gasteiger partial charge is 0.319 e. The molecule has 166 valence electrons. The van der Waals surface area contributed by atoms with Gasteiger partial charge in [0.1, 0.15) is 0 Å². The van der Waals surface area contributed by atoms with E-state index in [2.05, 4.69) is 68.9 Å². The van der Waals surface area contributed by atoms with E-state index in [1.165, 1.54) is 38.5 Å². The van der Waals surface area contributed by atoms with E-state index < -0.39 is 8.32 Å². The first-order valence-electron chi connectivity index (χ1n) is 11.6. The van der Waals surface area contributed by atoms with Gasteiger partial charge in [0.05, 0.1) is 0 Å². The summed E-state index contributed by atoms with van der Waals surface area (Å²) < 4.78 is 6.79. The second kappa shape index (κ2) is 11.0. The predicted octanol–water partition coefficient (Wildman–Crippen LogP) is 8.96. The van der Waals surface area contributed by atoms with Crippen LogP contribution in [0.25, 0.3) is 0 Å². The molecule has 0 heterocycles. The predicted molar refractivity (Wildman–Crippen MR) is 127 cm³/mol. The molecule has 0 aromatic heterocycles. The number of hydrogen-bond acceptors (Lipinski definition) is 2. The van der Waals surface area contributed by atoms with E-state index in [1.54, 1.807) is 6.92 Å². The standard InChI is InChI=1S/C25H50O2Si/c1-12-15-18-23(6,7)28(27-22(26)21(4)5,24(8,9)19-16-13-2)25(10,11)20-17-14-3/h4,12-20H2,1-3,5-11H3. The fourth-order valence-corrected chi connectivity index (χ4v) is 14.1. The first kappa shape index (κ1) is 27.4. The van der Waals surface area contributed by atoms with Gasteiger partial charge >= 0.3 is 5.97 Å². The average Bonchev–Trinajstić information content (AvgIpc) is 2.60. The van der Waals surface area contributed by atoms with E-state index in [0.29, 0.717) is 5.57 Å². The van der Waals surface area contributed by atoms with E-state index in [4.69, 9.17) is 4.43 Å². The van der Waals surface area contributed by atoms with Gasteiger partial charge in [-0.2, -0.15) is 0 Å². The van der Waals surface area contributed by atoms with Gasteiger partial charge in [0.15, 0.2) is 0 Å². The second-order valence-electron chi connectivity index (χ2n) is 10.8. The third-order valence-corrected chi connectivity index (χ3v) is 13.9. The maximum atomic E-state index is 13.0. The zero-order valence-electron chi connectivity index (χ0n) is 20.9. The van der Waals surface area contributed by atoms with Crippen LogP contribution in [-0.4, -0.2) is 14.3 Å². The molecule has 28 heavy (non-hydrogen) atoms. The average molecular weight is 411 g/mol. The normalized spacial score (nSPS) is 13.5. The molecule has 0 bridgehead atoms. The molecule has 0 aliphatic carbocycles. The number of unbranched alkanes of at least 4 members (excludes halogenated alkanes) is 3. The van der Waals surface area contributed by atoms with Crippen LogP contribution in [0.3, 0.4) is 0 Å². The molecule has 0 saturated carbocycles. The molecule has 0 saturated heterocycles. The van der Waals surface area contributed by atoms with Crippen molar-refractivity contribution >= 4 is 14.3 Å². The molecule has 0 aromatic carbocycles. The number of carbonyl (C=O) groups excluding carboxylic acids is 1. The first-order valence-corrected chi connectivity index (χ1v) is 13.6. The Morgan fingerprint density at radius 3 is 1.25 bits per heavy atom. The van der Waals surface area contributed by atoms with Crippen molar-refractivity contribution in [3.63, 3.8) is 0 Å². The van der Waals surface area contributed by atoms with Crippen LogP contribution in [0.2, 0.25) is 15.1 Å². The molecule has 0 fully saturated rings. The van der Waals surface area contributed by atoms with Crippen LogP contribution in [0.15, 0.2) is 12.2 Å². The van der Waals surface area contributed by atoms with Crippen molar-refractivity contribution in [3.05, 3.63) is 12.2 Å². The summed E-state index contributed by atoms with van der Waals surface area (Å²) in [5.74, 6) is -0.176. The van der Waals surface area contributed by atoms with Crippen molar-refractivity contribution in [1.82, 2.24) is 0 Å². The summed E-state index contributed by atoms with van der Waals surface area (Å²) >= 11 is 0. The Bertz CT molecular complexity index is 452. The molecule has 0 aliphatic heterocycles. The fraction of sp³-hybridized carbons (Fsp3) is 0.880. The minimum Gasteiger partial charge on any atom is -0.514 e. The van der Waals surface area contributed by atoms with E-state index in [-0.39, 0.29) is 21.1 Å². The maximum Gasteiger partial charge on any atom is 0.319 e. The maximum absolute atomic E-state index is 13.0. The molecule has 0 rings (SSSR count). The monoisotopic (exact) mass is 410 g/mol. The van der Waals surface area contributed by atoms with E-state index in [1.807, 2.05) is 0 Å². The van der Waals surface area contributed by atoms with Crippen LogP contribution in [0.1, 0.15) is 127 Å². The molecular formula is C25H50O2Si. The summed E-state index contributed by atoms with van der Waals surface area (Å²) in [6, 6.07) is 0. The second-order valence-corrected chi connectivity index (χ2v) is 16.4. The highest BCUT2D eigenvalue weighted by Crippen LogP contribution is 2.67. The summed E-state index contributed by atoms with van der Waals surface area (Å²) in [6.45, 7) is 26.8. The van der Waals surface area contributed by atoms with E-state index in [9.17, 15) is 4.79 Å². The van der Waals surface area contributed by atoms with Crippen molar-refractivity contribution in [2.45, 2.75) is 142 Å². The largest absolute Gasteiger partial charge is 0.514 e. The quantitative estimate of drug-likeness (QED) is 0.211. The first-order chi connectivity index (χ1) is 12.8. The minimum atomic E-state index is -2.63. The van der Waals surface area contributed by atoms with Crippen LogP contribution in [0, 0.1) is 0 Å². The van der Waals surface area contributed by atoms with E-state index >= 15 is 0 Å². The molecule has 3 heteroatoms. The Labute approximate surface area is 178 Å². The zero-order valence-corrected chi connectivity index (χ0v) is 21.9. The van der Waals surface area contributed by atoms with Gasteiger partial charge in [-0.15, -0.1) is 0 Å². The van der Waals surface area contributed by atoms with Crippen LogP contribution < -0.4 is 0 Å². The van der Waals surface area contributed by atoms with Crippen LogP contribution in [0.4, 0.5) is 0 Å². The van der Waals surface area contributed by atoms with Gasteiger partial charge in [-0.3, -0.25) is 0 Å². The summed E-state index contributed by atoms with van der Waals surface area (Å²) in [7, 11) is -2.63. The van der Waals surface area contributed by atoms with Crippen molar-refractivity contribution in [1.29, 1.82) is 0 Å². The molecular weight excluding hydrogens is 360 g/mol. The Kier molecular flexibility index (Phi) is 10.8. The molecule has 0 unspecified atom stereocenters. The Morgan fingerprint density at radius 2 is 1.04 bits per heavy atom. The molecule has 0 atom stereocenters. The lowest BCUT2D eigenvalue weighted by Gasteiger charge is -2.60. The Hall–Kier alpha value is -0.573. The Morgan fingerprint density at radius 1 is 0.750 bits per heavy atom. The molecule has 0 radical (unpaired) electrons. The molecule has 0 aliphatic rings. The number of hydrogen-bond donors (Lipinski definition) is 0. The van der Waals surface area contributed by atoms with Gasteiger partial charge in [0, 0.05) is 5.57 Å². The van der Waals surface area contributed by atoms with Gasteiger partial charge in [-0.1, -0.05) is 107 Å². The summed E-state index contributed by atoms with van der Waals surface area (Å²) in [5.41, 5.74) is 0.528. The topological polar surface area (TPSA) is 26.3 Å². The van der Waals surface area contributed by atoms with Crippen molar-refractivity contribution < 1.29 is 9.22 Å². The lowest BCUT2D eigenvalue weighted by Crippen LogP contribution is -2.64. The molecule has 0 amide bonds. The van der Waals surface area contributed by atoms with Gasteiger partial charge < -0.3 is 4.43 Å². The highest BCUT2D eigenvalue weighted by molar-refractivity contribution is 6.83. The third kappa shape index (κ3) is 5.97. The van der Waals surface area contributed by atoms with Gasteiger partial charge in [0.25, 0.3) is 8.32 Å². The van der Waals surface area contributed by atoms with Crippen LogP contribution >= 0.6 is 0 Å². The number of carbonyl (C=O) groups is 1. The summed E-state index contributed by atoms with van der Waals surface area (Å²) in [6.07, 6.45) is 10.4. The minimum absolute atomic E-state index is 0.00258. The molecule has 0 spiro atoms. The molecule has 0 aromatic rings. The fourth-order valence-electron chi connectivity index (χ4n) is 5.77. The van der Waals surface area contributed by atoms with Crippen molar-refractivity contribution in [3.8, 4) is 0 Å². The SMILES string of the molecule is C=C(C)C(=O)O[Si](C(C)(C)CCCC)(C(C)(C)CCCC)C(C)(C)CCCC. The van der Waals surface area contributed by atoms with Gasteiger partial charge in [-0.25, -0.2) is 4.79 Å².